The summed E-state index contributed by atoms with van der Waals surface area (Å²) in [6.45, 7) is 4.26. The van der Waals surface area contributed by atoms with Crippen molar-refractivity contribution in [1.82, 2.24) is 25.1 Å². The van der Waals surface area contributed by atoms with E-state index >= 15 is 0 Å². The number of carbonyl (C=O) groups excluding carboxylic acids is 5. The number of nitriles is 1. The molecule has 5 aliphatic heterocycles. The summed E-state index contributed by atoms with van der Waals surface area (Å²) in [5, 5.41) is 11.4. The standard InChI is InChI=1S/C42H40F3N9O6S/c43-42(44,45)31-19-27(22-47-32(31)20-46)52-39(59)41(12-1-13-41)54(40(52)61)26-3-7-35(48-21-26)60-28-10-14-50(15-11-28)23-24-8-16-51(17-9-24)25-2-4-29-30(18-25)38(58)53(37(29)57)33-5-6-34(55)49-36(33)56/h2-4,7,18-19,21-22,24,28,33H,1,5-6,8-17,23H2,(H,49,55,56). The van der Waals surface area contributed by atoms with Gasteiger partial charge in [0, 0.05) is 50.9 Å². The number of alkyl halides is 3. The maximum Gasteiger partial charge on any atom is 0.419 e. The summed E-state index contributed by atoms with van der Waals surface area (Å²) in [6, 6.07) is 9.91. The largest absolute Gasteiger partial charge is 0.474 e. The number of ether oxygens (including phenoxy) is 1. The van der Waals surface area contributed by atoms with Crippen LogP contribution in [-0.4, -0.2) is 105 Å². The lowest BCUT2D eigenvalue weighted by molar-refractivity contribution is -0.138. The van der Waals surface area contributed by atoms with Crippen molar-refractivity contribution in [2.45, 2.75) is 81.6 Å². The zero-order valence-corrected chi connectivity index (χ0v) is 33.6. The highest BCUT2D eigenvalue weighted by Gasteiger charge is 2.60. The number of fused-ring (bicyclic) bond motifs is 1. The number of aromatic nitrogens is 2. The molecule has 3 aromatic rings. The normalized spacial score (nSPS) is 22.5. The van der Waals surface area contributed by atoms with Crippen molar-refractivity contribution < 1.29 is 41.9 Å². The van der Waals surface area contributed by atoms with Gasteiger partial charge in [-0.25, -0.2) is 9.97 Å². The van der Waals surface area contributed by atoms with Crippen LogP contribution in [0.1, 0.15) is 89.8 Å². The first-order chi connectivity index (χ1) is 29.3. The average Bonchev–Trinajstić information content (AvgIpc) is 3.62. The van der Waals surface area contributed by atoms with Crippen LogP contribution in [0.2, 0.25) is 0 Å². The Morgan fingerprint density at radius 2 is 1.57 bits per heavy atom. The van der Waals surface area contributed by atoms with E-state index in [1.54, 1.807) is 35.4 Å². The van der Waals surface area contributed by atoms with Crippen molar-refractivity contribution in [3.05, 3.63) is 71.2 Å². The zero-order chi connectivity index (χ0) is 42.8. The van der Waals surface area contributed by atoms with Gasteiger partial charge in [0.2, 0.25) is 17.7 Å². The first kappa shape index (κ1) is 40.4. The van der Waals surface area contributed by atoms with Crippen LogP contribution in [0.15, 0.2) is 48.8 Å². The predicted molar refractivity (Wildman–Crippen MR) is 215 cm³/mol. The molecule has 1 N–H and O–H groups in total. The van der Waals surface area contributed by atoms with Crippen molar-refractivity contribution in [3.63, 3.8) is 0 Å². The van der Waals surface area contributed by atoms with Gasteiger partial charge in [-0.1, -0.05) is 0 Å². The first-order valence-corrected chi connectivity index (χ1v) is 20.8. The summed E-state index contributed by atoms with van der Waals surface area (Å²) in [4.78, 5) is 81.0. The minimum Gasteiger partial charge on any atom is -0.474 e. The second-order valence-corrected chi connectivity index (χ2v) is 16.8. The summed E-state index contributed by atoms with van der Waals surface area (Å²) in [5.74, 6) is -1.62. The molecule has 19 heteroatoms. The highest BCUT2D eigenvalue weighted by Crippen LogP contribution is 2.48. The molecule has 1 atom stereocenters. The lowest BCUT2D eigenvalue weighted by Crippen LogP contribution is -2.55. The fourth-order valence-electron chi connectivity index (χ4n) is 9.44. The van der Waals surface area contributed by atoms with Crippen LogP contribution in [0.5, 0.6) is 5.88 Å². The molecular weight excluding hydrogens is 816 g/mol. The third-order valence-electron chi connectivity index (χ3n) is 12.9. The van der Waals surface area contributed by atoms with Crippen LogP contribution in [0, 0.1) is 17.2 Å². The number of nitrogens with zero attached hydrogens (tertiary/aromatic N) is 8. The van der Waals surface area contributed by atoms with Gasteiger partial charge in [0.1, 0.15) is 23.8 Å². The maximum absolute atomic E-state index is 13.8. The van der Waals surface area contributed by atoms with Crippen LogP contribution in [0.4, 0.5) is 30.2 Å². The van der Waals surface area contributed by atoms with E-state index in [1.165, 1.54) is 6.07 Å². The van der Waals surface area contributed by atoms with Crippen LogP contribution in [0.25, 0.3) is 0 Å². The number of benzene rings is 1. The number of halogens is 3. The Kier molecular flexibility index (Phi) is 10.3. The Labute approximate surface area is 353 Å². The maximum atomic E-state index is 13.8. The molecule has 7 heterocycles. The van der Waals surface area contributed by atoms with E-state index in [2.05, 4.69) is 25.1 Å². The van der Waals surface area contributed by atoms with Crippen LogP contribution >= 0.6 is 12.2 Å². The third-order valence-corrected chi connectivity index (χ3v) is 13.2. The minimum atomic E-state index is -4.85. The number of pyridine rings is 2. The van der Waals surface area contributed by atoms with Crippen molar-refractivity contribution in [2.24, 2.45) is 5.92 Å². The molecule has 2 aromatic heterocycles. The van der Waals surface area contributed by atoms with Gasteiger partial charge in [-0.2, -0.15) is 18.4 Å². The summed E-state index contributed by atoms with van der Waals surface area (Å²) < 4.78 is 47.6. The molecule has 6 aliphatic rings. The molecule has 5 fully saturated rings. The fraction of sp³-hybridized carbons (Fsp3) is 0.452. The molecule has 5 amide bonds. The van der Waals surface area contributed by atoms with E-state index in [9.17, 15) is 42.4 Å². The molecule has 15 nitrogen and oxygen atoms in total. The quantitative estimate of drug-likeness (QED) is 0.247. The Bertz CT molecular complexity index is 2390. The Morgan fingerprint density at radius 3 is 2.21 bits per heavy atom. The van der Waals surface area contributed by atoms with Gasteiger partial charge in [0.25, 0.3) is 17.7 Å². The summed E-state index contributed by atoms with van der Waals surface area (Å²) in [6.07, 6.45) is 3.10. The molecule has 1 unspecified atom stereocenters. The number of likely N-dealkylation sites (tertiary alicyclic amines) is 1. The number of amides is 5. The van der Waals surface area contributed by atoms with Gasteiger partial charge >= 0.3 is 6.18 Å². The number of hydrogen-bond acceptors (Lipinski definition) is 12. The van der Waals surface area contributed by atoms with Gasteiger partial charge < -0.3 is 19.4 Å². The first-order valence-electron chi connectivity index (χ1n) is 20.4. The summed E-state index contributed by atoms with van der Waals surface area (Å²) in [7, 11) is 0. The SMILES string of the molecule is N#Cc1ncc(N2C(=O)C3(CCC3)N(c3ccc(OC4CCN(CC5CCN(c6ccc7c(c6)C(=O)N(C6CCC(=O)NC6=O)C7=O)CC5)CC4)nc3)C2=S)cc1C(F)(F)F. The van der Waals surface area contributed by atoms with Crippen molar-refractivity contribution >= 4 is 63.9 Å². The lowest BCUT2D eigenvalue weighted by Gasteiger charge is -2.42. The number of anilines is 3. The van der Waals surface area contributed by atoms with E-state index < -0.39 is 58.6 Å². The van der Waals surface area contributed by atoms with Crippen molar-refractivity contribution in [2.75, 3.05) is 47.4 Å². The summed E-state index contributed by atoms with van der Waals surface area (Å²) in [5.41, 5.74) is -1.32. The number of piperidine rings is 3. The second kappa shape index (κ2) is 15.5. The van der Waals surface area contributed by atoms with Gasteiger partial charge in [-0.15, -0.1) is 0 Å². The van der Waals surface area contributed by atoms with E-state index in [1.807, 2.05) is 6.07 Å². The molecule has 9 rings (SSSR count). The number of rotatable bonds is 8. The zero-order valence-electron chi connectivity index (χ0n) is 32.8. The van der Waals surface area contributed by atoms with E-state index in [0.29, 0.717) is 30.3 Å². The Hall–Kier alpha value is -6.00. The highest BCUT2D eigenvalue weighted by atomic mass is 32.1. The predicted octanol–water partition coefficient (Wildman–Crippen LogP) is 4.59. The van der Waals surface area contributed by atoms with Gasteiger partial charge in [-0.05, 0) is 99.8 Å². The Balaban J connectivity index is 0.766. The fourth-order valence-corrected chi connectivity index (χ4v) is 9.91. The van der Waals surface area contributed by atoms with E-state index in [0.717, 1.165) is 92.6 Å². The van der Waals surface area contributed by atoms with Crippen LogP contribution in [-0.2, 0) is 20.6 Å². The average molecular weight is 856 g/mol. The van der Waals surface area contributed by atoms with Crippen LogP contribution < -0.4 is 24.8 Å². The minimum absolute atomic E-state index is 0.00958. The van der Waals surface area contributed by atoms with Gasteiger partial charge in [-0.3, -0.25) is 39.1 Å². The highest BCUT2D eigenvalue weighted by molar-refractivity contribution is 7.81. The molecule has 1 aromatic carbocycles. The molecule has 1 spiro atoms. The number of nitrogens with one attached hydrogen (secondary N) is 1. The number of thiocarbonyl (C=S) groups is 1. The molecule has 61 heavy (non-hydrogen) atoms. The summed E-state index contributed by atoms with van der Waals surface area (Å²) >= 11 is 5.71. The van der Waals surface area contributed by atoms with Crippen molar-refractivity contribution in [1.29, 1.82) is 5.26 Å². The monoisotopic (exact) mass is 855 g/mol. The molecule has 4 saturated heterocycles. The molecule has 0 radical (unpaired) electrons. The molecular formula is C42H40F3N9O6S. The lowest BCUT2D eigenvalue weighted by atomic mass is 9.75. The molecule has 1 aliphatic carbocycles. The second-order valence-electron chi connectivity index (χ2n) is 16.4. The third kappa shape index (κ3) is 7.14. The molecule has 316 valence electrons. The van der Waals surface area contributed by atoms with E-state index in [-0.39, 0.29) is 40.9 Å². The van der Waals surface area contributed by atoms with E-state index in [4.69, 9.17) is 17.0 Å². The number of hydrogen-bond donors (Lipinski definition) is 1. The number of carbonyl (C=O) groups is 5. The Morgan fingerprint density at radius 1 is 0.869 bits per heavy atom. The number of imide groups is 2. The van der Waals surface area contributed by atoms with Gasteiger partial charge in [0.15, 0.2) is 10.8 Å². The smallest absolute Gasteiger partial charge is 0.419 e. The van der Waals surface area contributed by atoms with Crippen molar-refractivity contribution in [3.8, 4) is 11.9 Å². The van der Waals surface area contributed by atoms with Gasteiger partial charge in [0.05, 0.1) is 40.5 Å². The van der Waals surface area contributed by atoms with Crippen LogP contribution in [0.3, 0.4) is 0 Å². The topological polar surface area (TPSA) is 172 Å². The molecule has 1 saturated carbocycles. The molecule has 0 bridgehead atoms.